The molecule has 0 unspecified atom stereocenters. The molecular weight excluding hydrogens is 332 g/mol. The Morgan fingerprint density at radius 2 is 1.92 bits per heavy atom. The largest absolute Gasteiger partial charge is 0.493 e. The van der Waals surface area contributed by atoms with Gasteiger partial charge in [0.1, 0.15) is 5.60 Å². The van der Waals surface area contributed by atoms with Crippen LogP contribution in [0.25, 0.3) is 0 Å². The van der Waals surface area contributed by atoms with E-state index in [0.717, 1.165) is 5.56 Å². The molecule has 0 radical (unpaired) electrons. The number of carbonyl (C=O) groups is 1. The molecular formula is C20H28N2O4. The molecule has 0 N–H and O–H groups in total. The van der Waals surface area contributed by atoms with Gasteiger partial charge in [-0.25, -0.2) is 4.79 Å². The van der Waals surface area contributed by atoms with E-state index in [1.54, 1.807) is 12.0 Å². The van der Waals surface area contributed by atoms with Crippen molar-refractivity contribution >= 4 is 6.09 Å². The summed E-state index contributed by atoms with van der Waals surface area (Å²) in [6.07, 6.45) is 0.787. The van der Waals surface area contributed by atoms with E-state index in [2.05, 4.69) is 6.07 Å². The predicted octanol–water partition coefficient (Wildman–Crippen LogP) is 3.89. The van der Waals surface area contributed by atoms with Gasteiger partial charge in [0.05, 0.1) is 25.2 Å². The summed E-state index contributed by atoms with van der Waals surface area (Å²) < 4.78 is 16.4. The summed E-state index contributed by atoms with van der Waals surface area (Å²) in [5, 5.41) is 9.90. The van der Waals surface area contributed by atoms with Gasteiger partial charge in [-0.2, -0.15) is 5.26 Å². The average Bonchev–Trinajstić information content (AvgIpc) is 2.60. The van der Waals surface area contributed by atoms with E-state index in [-0.39, 0.29) is 6.09 Å². The van der Waals surface area contributed by atoms with Crippen molar-refractivity contribution in [2.24, 2.45) is 0 Å². The van der Waals surface area contributed by atoms with Gasteiger partial charge >= 0.3 is 6.09 Å². The third kappa shape index (κ3) is 4.40. The van der Waals surface area contributed by atoms with Crippen LogP contribution in [-0.4, -0.2) is 43.4 Å². The maximum absolute atomic E-state index is 12.3. The molecule has 6 heteroatoms. The number of hydrogen-bond donors (Lipinski definition) is 0. The smallest absolute Gasteiger partial charge is 0.410 e. The molecule has 0 aliphatic carbocycles. The highest BCUT2D eigenvalue weighted by Gasteiger charge is 2.39. The topological polar surface area (TPSA) is 71.8 Å². The van der Waals surface area contributed by atoms with E-state index in [9.17, 15) is 10.1 Å². The quantitative estimate of drug-likeness (QED) is 0.815. The van der Waals surface area contributed by atoms with E-state index in [0.29, 0.717) is 44.0 Å². The number of carbonyl (C=O) groups excluding carboxylic acids is 1. The van der Waals surface area contributed by atoms with Gasteiger partial charge in [0, 0.05) is 13.1 Å². The zero-order valence-electron chi connectivity index (χ0n) is 16.3. The fraction of sp³-hybridized carbons (Fsp3) is 0.600. The highest BCUT2D eigenvalue weighted by atomic mass is 16.6. The Hall–Kier alpha value is -2.42. The Morgan fingerprint density at radius 1 is 1.27 bits per heavy atom. The van der Waals surface area contributed by atoms with Crippen molar-refractivity contribution in [3.63, 3.8) is 0 Å². The van der Waals surface area contributed by atoms with Crippen LogP contribution in [0.1, 0.15) is 46.1 Å². The fourth-order valence-corrected chi connectivity index (χ4v) is 3.11. The molecule has 1 amide bonds. The van der Waals surface area contributed by atoms with Crippen molar-refractivity contribution in [1.29, 1.82) is 5.26 Å². The summed E-state index contributed by atoms with van der Waals surface area (Å²) in [6, 6.07) is 8.10. The molecule has 0 saturated carbocycles. The zero-order valence-corrected chi connectivity index (χ0v) is 16.3. The van der Waals surface area contributed by atoms with Crippen LogP contribution in [0.3, 0.4) is 0 Å². The molecule has 1 heterocycles. The SMILES string of the molecule is CCOc1cc(C2(C#N)CCN(C(=O)OC(C)(C)C)CC2)ccc1OC. The molecule has 0 atom stereocenters. The number of ether oxygens (including phenoxy) is 3. The Labute approximate surface area is 155 Å². The molecule has 1 aromatic carbocycles. The van der Waals surface area contributed by atoms with Crippen molar-refractivity contribution in [3.05, 3.63) is 23.8 Å². The first-order valence-corrected chi connectivity index (χ1v) is 8.95. The van der Waals surface area contributed by atoms with Gasteiger partial charge in [0.25, 0.3) is 0 Å². The minimum Gasteiger partial charge on any atom is -0.493 e. The van der Waals surface area contributed by atoms with E-state index < -0.39 is 11.0 Å². The van der Waals surface area contributed by atoms with Crippen molar-refractivity contribution in [1.82, 2.24) is 4.90 Å². The molecule has 26 heavy (non-hydrogen) atoms. The summed E-state index contributed by atoms with van der Waals surface area (Å²) in [6.45, 7) is 8.94. The molecule has 2 rings (SSSR count). The normalized spacial score (nSPS) is 16.5. The van der Waals surface area contributed by atoms with E-state index in [1.807, 2.05) is 45.9 Å². The van der Waals surface area contributed by atoms with Crippen LogP contribution in [0.4, 0.5) is 4.79 Å². The van der Waals surface area contributed by atoms with E-state index in [4.69, 9.17) is 14.2 Å². The molecule has 1 aliphatic heterocycles. The van der Waals surface area contributed by atoms with Gasteiger partial charge in [0.2, 0.25) is 0 Å². The first-order valence-electron chi connectivity index (χ1n) is 8.95. The molecule has 0 bridgehead atoms. The molecule has 6 nitrogen and oxygen atoms in total. The molecule has 1 fully saturated rings. The van der Waals surface area contributed by atoms with Crippen LogP contribution in [0, 0.1) is 11.3 Å². The molecule has 0 aromatic heterocycles. The molecule has 1 aromatic rings. The van der Waals surface area contributed by atoms with Crippen LogP contribution in [0.2, 0.25) is 0 Å². The summed E-state index contributed by atoms with van der Waals surface area (Å²) in [5.41, 5.74) is -0.270. The number of benzene rings is 1. The summed E-state index contributed by atoms with van der Waals surface area (Å²) in [5.74, 6) is 1.28. The van der Waals surface area contributed by atoms with Crippen molar-refractivity contribution < 1.29 is 19.0 Å². The monoisotopic (exact) mass is 360 g/mol. The van der Waals surface area contributed by atoms with Crippen molar-refractivity contribution in [3.8, 4) is 17.6 Å². The Bertz CT molecular complexity index is 680. The first-order chi connectivity index (χ1) is 12.2. The van der Waals surface area contributed by atoms with Gasteiger partial charge in [-0.15, -0.1) is 0 Å². The molecule has 1 aliphatic rings. The molecule has 142 valence electrons. The number of amides is 1. The Kier molecular flexibility index (Phi) is 6.01. The third-order valence-electron chi connectivity index (χ3n) is 4.50. The second-order valence-corrected chi connectivity index (χ2v) is 7.46. The van der Waals surface area contributed by atoms with Crippen molar-refractivity contribution in [2.45, 2.75) is 51.6 Å². The lowest BCUT2D eigenvalue weighted by Crippen LogP contribution is -2.46. The highest BCUT2D eigenvalue weighted by Crippen LogP contribution is 2.39. The number of nitriles is 1. The van der Waals surface area contributed by atoms with Gasteiger partial charge in [-0.05, 0) is 58.2 Å². The van der Waals surface area contributed by atoms with Crippen LogP contribution in [0.15, 0.2) is 18.2 Å². The van der Waals surface area contributed by atoms with Gasteiger partial charge < -0.3 is 19.1 Å². The van der Waals surface area contributed by atoms with Gasteiger partial charge in [-0.3, -0.25) is 0 Å². The lowest BCUT2D eigenvalue weighted by Gasteiger charge is -2.38. The van der Waals surface area contributed by atoms with Gasteiger partial charge in [0.15, 0.2) is 11.5 Å². The lowest BCUT2D eigenvalue weighted by atomic mass is 9.74. The van der Waals surface area contributed by atoms with Crippen molar-refractivity contribution in [2.75, 3.05) is 26.8 Å². The minimum absolute atomic E-state index is 0.325. The average molecular weight is 360 g/mol. The summed E-state index contributed by atoms with van der Waals surface area (Å²) in [4.78, 5) is 13.9. The second-order valence-electron chi connectivity index (χ2n) is 7.46. The third-order valence-corrected chi connectivity index (χ3v) is 4.50. The molecule has 0 spiro atoms. The number of hydrogen-bond acceptors (Lipinski definition) is 5. The predicted molar refractivity (Wildman–Crippen MR) is 98.5 cm³/mol. The fourth-order valence-electron chi connectivity index (χ4n) is 3.11. The van der Waals surface area contributed by atoms with E-state index >= 15 is 0 Å². The van der Waals surface area contributed by atoms with E-state index in [1.165, 1.54) is 0 Å². The lowest BCUT2D eigenvalue weighted by molar-refractivity contribution is 0.0185. The Morgan fingerprint density at radius 3 is 2.42 bits per heavy atom. The minimum atomic E-state index is -0.642. The number of rotatable bonds is 4. The number of piperidine rings is 1. The van der Waals surface area contributed by atoms with Crippen LogP contribution < -0.4 is 9.47 Å². The number of nitrogens with zero attached hydrogens (tertiary/aromatic N) is 2. The number of methoxy groups -OCH3 is 1. The maximum Gasteiger partial charge on any atom is 0.410 e. The van der Waals surface area contributed by atoms with Crippen LogP contribution in [0.5, 0.6) is 11.5 Å². The van der Waals surface area contributed by atoms with Crippen LogP contribution >= 0.6 is 0 Å². The standard InChI is InChI=1S/C20H28N2O4/c1-6-25-17-13-15(7-8-16(17)24-5)20(14-21)9-11-22(12-10-20)18(23)26-19(2,3)4/h7-8,13H,6,9-12H2,1-5H3. The first kappa shape index (κ1) is 19.9. The highest BCUT2D eigenvalue weighted by molar-refractivity contribution is 5.68. The maximum atomic E-state index is 12.3. The van der Waals surface area contributed by atoms with Crippen LogP contribution in [-0.2, 0) is 10.2 Å². The number of likely N-dealkylation sites (tertiary alicyclic amines) is 1. The summed E-state index contributed by atoms with van der Waals surface area (Å²) >= 11 is 0. The zero-order chi connectivity index (χ0) is 19.4. The summed E-state index contributed by atoms with van der Waals surface area (Å²) in [7, 11) is 1.59. The Balaban J connectivity index is 2.18. The second kappa shape index (κ2) is 7.86. The molecule has 1 saturated heterocycles. The van der Waals surface area contributed by atoms with Gasteiger partial charge in [-0.1, -0.05) is 6.07 Å².